The first kappa shape index (κ1) is 11.5. The summed E-state index contributed by atoms with van der Waals surface area (Å²) in [5, 5.41) is 2.58. The Bertz CT molecular complexity index is 314. The van der Waals surface area contributed by atoms with Crippen molar-refractivity contribution in [3.05, 3.63) is 21.3 Å². The van der Waals surface area contributed by atoms with Gasteiger partial charge in [-0.1, -0.05) is 11.6 Å². The van der Waals surface area contributed by atoms with Crippen molar-refractivity contribution in [2.45, 2.75) is 6.54 Å². The van der Waals surface area contributed by atoms with Crippen LogP contribution in [0.25, 0.3) is 0 Å². The van der Waals surface area contributed by atoms with Gasteiger partial charge in [0.1, 0.15) is 0 Å². The maximum Gasteiger partial charge on any atom is 0.233 e. The Hall–Kier alpha value is -0.580. The zero-order chi connectivity index (χ0) is 10.6. The van der Waals surface area contributed by atoms with Gasteiger partial charge in [-0.05, 0) is 19.2 Å². The molecule has 1 N–H and O–H groups in total. The summed E-state index contributed by atoms with van der Waals surface area (Å²) in [5.74, 6) is 0.0233. The maximum atomic E-state index is 11.0. The van der Waals surface area contributed by atoms with E-state index in [9.17, 15) is 4.79 Å². The fourth-order valence-electron chi connectivity index (χ4n) is 1.08. The molecule has 14 heavy (non-hydrogen) atoms. The molecule has 0 aliphatic carbocycles. The zero-order valence-electron chi connectivity index (χ0n) is 8.21. The van der Waals surface area contributed by atoms with E-state index in [4.69, 9.17) is 11.6 Å². The molecule has 1 aromatic rings. The highest BCUT2D eigenvalue weighted by Crippen LogP contribution is 2.22. The number of halogens is 1. The van der Waals surface area contributed by atoms with Crippen LogP contribution in [0.4, 0.5) is 0 Å². The molecular weight excluding hydrogens is 220 g/mol. The monoisotopic (exact) mass is 232 g/mol. The van der Waals surface area contributed by atoms with Crippen molar-refractivity contribution in [2.75, 3.05) is 20.6 Å². The number of nitrogens with zero attached hydrogens (tertiary/aromatic N) is 1. The number of hydrogen-bond donors (Lipinski definition) is 1. The molecule has 1 amide bonds. The Morgan fingerprint density at radius 2 is 2.36 bits per heavy atom. The number of rotatable bonds is 4. The lowest BCUT2D eigenvalue weighted by atomic mass is 10.4. The third-order valence-corrected chi connectivity index (χ3v) is 2.96. The zero-order valence-corrected chi connectivity index (χ0v) is 9.78. The van der Waals surface area contributed by atoms with Gasteiger partial charge in [0.2, 0.25) is 5.91 Å². The van der Waals surface area contributed by atoms with E-state index in [2.05, 4.69) is 5.32 Å². The number of amides is 1. The summed E-state index contributed by atoms with van der Waals surface area (Å²) in [6, 6.07) is 3.85. The van der Waals surface area contributed by atoms with Crippen molar-refractivity contribution in [2.24, 2.45) is 0 Å². The molecule has 0 fully saturated rings. The largest absolute Gasteiger partial charge is 0.358 e. The van der Waals surface area contributed by atoms with Crippen molar-refractivity contribution >= 4 is 28.8 Å². The van der Waals surface area contributed by atoms with Gasteiger partial charge in [-0.25, -0.2) is 0 Å². The summed E-state index contributed by atoms with van der Waals surface area (Å²) in [6.07, 6.45) is 0. The van der Waals surface area contributed by atoms with Gasteiger partial charge in [-0.2, -0.15) is 0 Å². The third-order valence-electron chi connectivity index (χ3n) is 1.75. The number of likely N-dealkylation sites (N-methyl/N-ethyl adjacent to an activating group) is 2. The van der Waals surface area contributed by atoms with Crippen LogP contribution in [-0.2, 0) is 11.3 Å². The van der Waals surface area contributed by atoms with Crippen LogP contribution in [0, 0.1) is 0 Å². The van der Waals surface area contributed by atoms with E-state index in [-0.39, 0.29) is 5.91 Å². The van der Waals surface area contributed by atoms with E-state index < -0.39 is 0 Å². The molecule has 0 aliphatic rings. The van der Waals surface area contributed by atoms with Crippen LogP contribution in [0.3, 0.4) is 0 Å². The molecule has 0 unspecified atom stereocenters. The van der Waals surface area contributed by atoms with Crippen molar-refractivity contribution in [1.82, 2.24) is 10.2 Å². The second-order valence-corrected chi connectivity index (χ2v) is 4.85. The fraction of sp³-hybridized carbons (Fsp3) is 0.444. The Labute approximate surface area is 92.7 Å². The van der Waals surface area contributed by atoms with Crippen molar-refractivity contribution in [1.29, 1.82) is 0 Å². The number of hydrogen-bond acceptors (Lipinski definition) is 3. The molecule has 0 aliphatic heterocycles. The van der Waals surface area contributed by atoms with Gasteiger partial charge in [0.15, 0.2) is 0 Å². The summed E-state index contributed by atoms with van der Waals surface area (Å²) >= 11 is 7.34. The lowest BCUT2D eigenvalue weighted by molar-refractivity contribution is -0.121. The SMILES string of the molecule is CNC(=O)CN(C)Cc1ccc(Cl)s1. The first-order valence-electron chi connectivity index (χ1n) is 4.25. The van der Waals surface area contributed by atoms with E-state index in [1.54, 1.807) is 18.4 Å². The van der Waals surface area contributed by atoms with Crippen LogP contribution in [0.2, 0.25) is 4.34 Å². The molecule has 0 atom stereocenters. The first-order valence-corrected chi connectivity index (χ1v) is 5.44. The van der Waals surface area contributed by atoms with Crippen LogP contribution in [0.5, 0.6) is 0 Å². The molecule has 0 bridgehead atoms. The molecule has 0 saturated heterocycles. The smallest absolute Gasteiger partial charge is 0.233 e. The topological polar surface area (TPSA) is 32.3 Å². The van der Waals surface area contributed by atoms with E-state index in [0.29, 0.717) is 6.54 Å². The second-order valence-electron chi connectivity index (χ2n) is 3.05. The van der Waals surface area contributed by atoms with Gasteiger partial charge >= 0.3 is 0 Å². The van der Waals surface area contributed by atoms with E-state index in [0.717, 1.165) is 10.9 Å². The molecule has 78 valence electrons. The molecular formula is C9H13ClN2OS. The van der Waals surface area contributed by atoms with Crippen molar-refractivity contribution in [3.63, 3.8) is 0 Å². The average Bonchev–Trinajstić information content (AvgIpc) is 2.50. The Kier molecular flexibility index (Phi) is 4.38. The minimum Gasteiger partial charge on any atom is -0.358 e. The summed E-state index contributed by atoms with van der Waals surface area (Å²) in [4.78, 5) is 14.2. The van der Waals surface area contributed by atoms with Crippen molar-refractivity contribution in [3.8, 4) is 0 Å². The predicted molar refractivity (Wildman–Crippen MR) is 59.7 cm³/mol. The van der Waals surface area contributed by atoms with Crippen LogP contribution >= 0.6 is 22.9 Å². The predicted octanol–water partition coefficient (Wildman–Crippen LogP) is 1.58. The van der Waals surface area contributed by atoms with Gasteiger partial charge in [-0.3, -0.25) is 9.69 Å². The van der Waals surface area contributed by atoms with Gasteiger partial charge in [0, 0.05) is 18.5 Å². The number of thiophene rings is 1. The van der Waals surface area contributed by atoms with Crippen LogP contribution in [0.15, 0.2) is 12.1 Å². The standard InChI is InChI=1S/C9H13ClN2OS/c1-11-9(13)6-12(2)5-7-3-4-8(10)14-7/h3-4H,5-6H2,1-2H3,(H,11,13). The molecule has 1 aromatic heterocycles. The maximum absolute atomic E-state index is 11.0. The van der Waals surface area contributed by atoms with Crippen LogP contribution < -0.4 is 5.32 Å². The minimum atomic E-state index is 0.0233. The molecule has 0 saturated carbocycles. The van der Waals surface area contributed by atoms with Gasteiger partial charge in [0.25, 0.3) is 0 Å². The van der Waals surface area contributed by atoms with E-state index in [1.807, 2.05) is 24.1 Å². The number of nitrogens with one attached hydrogen (secondary N) is 1. The Morgan fingerprint density at radius 3 is 2.86 bits per heavy atom. The summed E-state index contributed by atoms with van der Waals surface area (Å²) in [7, 11) is 3.54. The highest BCUT2D eigenvalue weighted by molar-refractivity contribution is 7.16. The lowest BCUT2D eigenvalue weighted by Gasteiger charge is -2.13. The Balaban J connectivity index is 2.41. The van der Waals surface area contributed by atoms with Crippen molar-refractivity contribution < 1.29 is 4.79 Å². The molecule has 3 nitrogen and oxygen atoms in total. The fourth-order valence-corrected chi connectivity index (χ4v) is 2.25. The first-order chi connectivity index (χ1) is 6.61. The minimum absolute atomic E-state index is 0.0233. The highest BCUT2D eigenvalue weighted by atomic mass is 35.5. The molecule has 0 aromatic carbocycles. The van der Waals surface area contributed by atoms with Crippen LogP contribution in [-0.4, -0.2) is 31.4 Å². The van der Waals surface area contributed by atoms with E-state index >= 15 is 0 Å². The van der Waals surface area contributed by atoms with Gasteiger partial charge < -0.3 is 5.32 Å². The summed E-state index contributed by atoms with van der Waals surface area (Å²) < 4.78 is 0.786. The lowest BCUT2D eigenvalue weighted by Crippen LogP contribution is -2.32. The highest BCUT2D eigenvalue weighted by Gasteiger charge is 2.06. The summed E-state index contributed by atoms with van der Waals surface area (Å²) in [5.41, 5.74) is 0. The number of carbonyl (C=O) groups is 1. The molecule has 0 spiro atoms. The molecule has 5 heteroatoms. The van der Waals surface area contributed by atoms with Crippen LogP contribution in [0.1, 0.15) is 4.88 Å². The molecule has 0 radical (unpaired) electrons. The van der Waals surface area contributed by atoms with Gasteiger partial charge in [-0.15, -0.1) is 11.3 Å². The van der Waals surface area contributed by atoms with E-state index in [1.165, 1.54) is 4.88 Å². The number of carbonyl (C=O) groups excluding carboxylic acids is 1. The summed E-state index contributed by atoms with van der Waals surface area (Å²) in [6.45, 7) is 1.16. The second kappa shape index (κ2) is 5.34. The molecule has 1 rings (SSSR count). The molecule has 1 heterocycles. The normalized spacial score (nSPS) is 10.6. The average molecular weight is 233 g/mol. The van der Waals surface area contributed by atoms with Gasteiger partial charge in [0.05, 0.1) is 10.9 Å². The third kappa shape index (κ3) is 3.65. The Morgan fingerprint density at radius 1 is 1.64 bits per heavy atom. The quantitative estimate of drug-likeness (QED) is 0.855.